The van der Waals surface area contributed by atoms with Gasteiger partial charge in [-0.05, 0) is 31.0 Å². The third-order valence-corrected chi connectivity index (χ3v) is 2.82. The third-order valence-electron chi connectivity index (χ3n) is 2.82. The zero-order valence-corrected chi connectivity index (χ0v) is 10.8. The summed E-state index contributed by atoms with van der Waals surface area (Å²) in [5.41, 5.74) is 0.752. The van der Waals surface area contributed by atoms with Crippen molar-refractivity contribution in [1.82, 2.24) is 10.6 Å². The molecule has 6 heteroatoms. The topological polar surface area (TPSA) is 79.8 Å². The van der Waals surface area contributed by atoms with Gasteiger partial charge >= 0.3 is 6.03 Å². The van der Waals surface area contributed by atoms with Gasteiger partial charge in [0.2, 0.25) is 6.79 Å². The zero-order valence-electron chi connectivity index (χ0n) is 10.8. The number of amides is 2. The monoisotopic (exact) mass is 266 g/mol. The summed E-state index contributed by atoms with van der Waals surface area (Å²) in [6.45, 7) is 3.05. The quantitative estimate of drug-likeness (QED) is 0.747. The van der Waals surface area contributed by atoms with Crippen molar-refractivity contribution in [3.05, 3.63) is 23.8 Å². The molecule has 1 atom stereocenters. The van der Waals surface area contributed by atoms with Crippen molar-refractivity contribution in [2.75, 3.05) is 19.9 Å². The maximum atomic E-state index is 11.2. The molecule has 104 valence electrons. The summed E-state index contributed by atoms with van der Waals surface area (Å²) in [6.07, 6.45) is -0.201. The van der Waals surface area contributed by atoms with E-state index in [9.17, 15) is 9.90 Å². The summed E-state index contributed by atoms with van der Waals surface area (Å²) in [5.74, 6) is 1.34. The van der Waals surface area contributed by atoms with E-state index in [1.807, 2.05) is 6.92 Å². The lowest BCUT2D eigenvalue weighted by Gasteiger charge is -2.12. The Balaban J connectivity index is 1.83. The smallest absolute Gasteiger partial charge is 0.314 e. The predicted molar refractivity (Wildman–Crippen MR) is 69.2 cm³/mol. The number of aliphatic hydroxyl groups is 1. The molecule has 0 radical (unpaired) electrons. The fraction of sp³-hybridized carbons (Fsp3) is 0.462. The fourth-order valence-electron chi connectivity index (χ4n) is 1.83. The number of benzene rings is 1. The lowest BCUT2D eigenvalue weighted by atomic mass is 10.1. The van der Waals surface area contributed by atoms with Gasteiger partial charge in [0.1, 0.15) is 0 Å². The van der Waals surface area contributed by atoms with Crippen molar-refractivity contribution in [2.24, 2.45) is 0 Å². The standard InChI is InChI=1S/C13H18N2O4/c1-2-14-13(17)15-6-5-10(16)9-3-4-11-12(7-9)19-8-18-11/h3-4,7,10,16H,2,5-6,8H2,1H3,(H2,14,15,17). The van der Waals surface area contributed by atoms with E-state index in [4.69, 9.17) is 9.47 Å². The van der Waals surface area contributed by atoms with Crippen LogP contribution in [0.2, 0.25) is 0 Å². The highest BCUT2D eigenvalue weighted by molar-refractivity contribution is 5.73. The Kier molecular flexibility index (Phi) is 4.46. The maximum absolute atomic E-state index is 11.2. The number of urea groups is 1. The van der Waals surface area contributed by atoms with E-state index < -0.39 is 6.10 Å². The van der Waals surface area contributed by atoms with Crippen molar-refractivity contribution in [1.29, 1.82) is 0 Å². The molecule has 19 heavy (non-hydrogen) atoms. The summed E-state index contributed by atoms with van der Waals surface area (Å²) in [6, 6.07) is 5.11. The number of fused-ring (bicyclic) bond motifs is 1. The number of carbonyl (C=O) groups excluding carboxylic acids is 1. The second kappa shape index (κ2) is 6.29. The number of ether oxygens (including phenoxy) is 2. The van der Waals surface area contributed by atoms with Gasteiger partial charge in [0, 0.05) is 13.1 Å². The molecule has 0 saturated carbocycles. The minimum Gasteiger partial charge on any atom is -0.454 e. The molecule has 1 aromatic carbocycles. The van der Waals surface area contributed by atoms with Crippen molar-refractivity contribution < 1.29 is 19.4 Å². The number of rotatable bonds is 5. The van der Waals surface area contributed by atoms with Crippen molar-refractivity contribution in [3.8, 4) is 11.5 Å². The van der Waals surface area contributed by atoms with Crippen LogP contribution < -0.4 is 20.1 Å². The number of nitrogens with one attached hydrogen (secondary N) is 2. The summed E-state index contributed by atoms with van der Waals surface area (Å²) in [5, 5.41) is 15.3. The normalized spacial score (nSPS) is 14.0. The Bertz CT molecular complexity index is 450. The average Bonchev–Trinajstić information content (AvgIpc) is 2.86. The number of aliphatic hydroxyl groups excluding tert-OH is 1. The minimum absolute atomic E-state index is 0.216. The molecular weight excluding hydrogens is 248 g/mol. The summed E-state index contributed by atoms with van der Waals surface area (Å²) < 4.78 is 10.5. The molecule has 2 rings (SSSR count). The van der Waals surface area contributed by atoms with Crippen LogP contribution in [0.4, 0.5) is 4.79 Å². The fourth-order valence-corrected chi connectivity index (χ4v) is 1.83. The molecule has 0 saturated heterocycles. The van der Waals surface area contributed by atoms with Gasteiger partial charge in [-0.15, -0.1) is 0 Å². The van der Waals surface area contributed by atoms with Gasteiger partial charge in [-0.3, -0.25) is 0 Å². The van der Waals surface area contributed by atoms with Gasteiger partial charge in [-0.25, -0.2) is 4.79 Å². The molecule has 0 spiro atoms. The molecule has 0 aromatic heterocycles. The molecule has 2 amide bonds. The largest absolute Gasteiger partial charge is 0.454 e. The first kappa shape index (κ1) is 13.5. The molecule has 1 heterocycles. The van der Waals surface area contributed by atoms with E-state index in [1.165, 1.54) is 0 Å². The highest BCUT2D eigenvalue weighted by Gasteiger charge is 2.16. The molecule has 1 aliphatic heterocycles. The van der Waals surface area contributed by atoms with Crippen LogP contribution in [0.25, 0.3) is 0 Å². The van der Waals surface area contributed by atoms with Crippen LogP contribution in [0.15, 0.2) is 18.2 Å². The number of carbonyl (C=O) groups is 1. The van der Waals surface area contributed by atoms with E-state index in [0.29, 0.717) is 31.0 Å². The second-order valence-electron chi connectivity index (χ2n) is 4.20. The molecule has 3 N–H and O–H groups in total. The molecule has 0 fully saturated rings. The predicted octanol–water partition coefficient (Wildman–Crippen LogP) is 1.16. The van der Waals surface area contributed by atoms with Crippen molar-refractivity contribution in [2.45, 2.75) is 19.4 Å². The Hall–Kier alpha value is -1.95. The van der Waals surface area contributed by atoms with Crippen LogP contribution >= 0.6 is 0 Å². The molecule has 1 unspecified atom stereocenters. The van der Waals surface area contributed by atoms with Crippen molar-refractivity contribution >= 4 is 6.03 Å². The van der Waals surface area contributed by atoms with E-state index in [2.05, 4.69) is 10.6 Å². The van der Waals surface area contributed by atoms with E-state index in [1.54, 1.807) is 18.2 Å². The lowest BCUT2D eigenvalue weighted by molar-refractivity contribution is 0.165. The first-order chi connectivity index (χ1) is 9.20. The second-order valence-corrected chi connectivity index (χ2v) is 4.20. The Morgan fingerprint density at radius 3 is 2.95 bits per heavy atom. The molecule has 1 aliphatic rings. The van der Waals surface area contributed by atoms with Gasteiger partial charge in [0.05, 0.1) is 6.10 Å². The van der Waals surface area contributed by atoms with E-state index in [-0.39, 0.29) is 12.8 Å². The number of hydrogen-bond donors (Lipinski definition) is 3. The van der Waals surface area contributed by atoms with Crippen LogP contribution in [0.5, 0.6) is 11.5 Å². The zero-order chi connectivity index (χ0) is 13.7. The Labute approximate surface area is 111 Å². The summed E-state index contributed by atoms with van der Waals surface area (Å²) >= 11 is 0. The van der Waals surface area contributed by atoms with Gasteiger partial charge in [0.25, 0.3) is 0 Å². The lowest BCUT2D eigenvalue weighted by Crippen LogP contribution is -2.36. The van der Waals surface area contributed by atoms with Gasteiger partial charge in [-0.1, -0.05) is 6.07 Å². The maximum Gasteiger partial charge on any atom is 0.314 e. The molecule has 1 aromatic rings. The first-order valence-electron chi connectivity index (χ1n) is 6.30. The van der Waals surface area contributed by atoms with Crippen LogP contribution in [-0.2, 0) is 0 Å². The van der Waals surface area contributed by atoms with Gasteiger partial charge in [0.15, 0.2) is 11.5 Å². The summed E-state index contributed by atoms with van der Waals surface area (Å²) in [4.78, 5) is 11.2. The number of hydrogen-bond acceptors (Lipinski definition) is 4. The molecule has 0 aliphatic carbocycles. The van der Waals surface area contributed by atoms with Crippen LogP contribution in [0.3, 0.4) is 0 Å². The molecule has 6 nitrogen and oxygen atoms in total. The summed E-state index contributed by atoms with van der Waals surface area (Å²) in [7, 11) is 0. The van der Waals surface area contributed by atoms with E-state index >= 15 is 0 Å². The average molecular weight is 266 g/mol. The van der Waals surface area contributed by atoms with Crippen molar-refractivity contribution in [3.63, 3.8) is 0 Å². The third kappa shape index (κ3) is 3.51. The molecular formula is C13H18N2O4. The highest BCUT2D eigenvalue weighted by atomic mass is 16.7. The molecule has 0 bridgehead atoms. The van der Waals surface area contributed by atoms with Gasteiger partial charge in [-0.2, -0.15) is 0 Å². The highest BCUT2D eigenvalue weighted by Crippen LogP contribution is 2.34. The minimum atomic E-state index is -0.642. The first-order valence-corrected chi connectivity index (χ1v) is 6.30. The van der Waals surface area contributed by atoms with Crippen LogP contribution in [0, 0.1) is 0 Å². The van der Waals surface area contributed by atoms with E-state index in [0.717, 1.165) is 5.56 Å². The van der Waals surface area contributed by atoms with Crippen LogP contribution in [-0.4, -0.2) is 31.0 Å². The van der Waals surface area contributed by atoms with Crippen LogP contribution in [0.1, 0.15) is 25.0 Å². The van der Waals surface area contributed by atoms with Gasteiger partial charge < -0.3 is 25.2 Å². The Morgan fingerprint density at radius 2 is 2.16 bits per heavy atom. The Morgan fingerprint density at radius 1 is 1.37 bits per heavy atom. The SMILES string of the molecule is CCNC(=O)NCCC(O)c1ccc2c(c1)OCO2.